The van der Waals surface area contributed by atoms with Crippen molar-refractivity contribution < 1.29 is 13.6 Å². The molecule has 1 unspecified atom stereocenters. The molecule has 0 aliphatic rings. The number of hydrogen-bond donors (Lipinski definition) is 0. The molecule has 0 aliphatic carbocycles. The zero-order chi connectivity index (χ0) is 16.7. The van der Waals surface area contributed by atoms with Gasteiger partial charge in [0.1, 0.15) is 0 Å². The summed E-state index contributed by atoms with van der Waals surface area (Å²) in [6.07, 6.45) is 0. The van der Waals surface area contributed by atoms with Crippen LogP contribution in [0.4, 0.5) is 0 Å². The Labute approximate surface area is 146 Å². The molecule has 2 rings (SSSR count). The van der Waals surface area contributed by atoms with E-state index in [2.05, 4.69) is 0 Å². The first-order valence-corrected chi connectivity index (χ1v) is 10.9. The standard InChI is InChI=1S/C17H20ClO3PS/c1-3-20-22(19,21-4-2)23-17(14-8-6-5-7-9-14)15-10-12-16(18)13-11-15/h5-13,17H,3-4H2,1-2H3. The van der Waals surface area contributed by atoms with Crippen molar-refractivity contribution in [3.05, 3.63) is 70.7 Å². The molecule has 0 amide bonds. The lowest BCUT2D eigenvalue weighted by molar-refractivity contribution is 0.236. The van der Waals surface area contributed by atoms with Gasteiger partial charge in [0.05, 0.1) is 18.5 Å². The van der Waals surface area contributed by atoms with Gasteiger partial charge >= 0.3 is 6.80 Å². The third kappa shape index (κ3) is 5.37. The van der Waals surface area contributed by atoms with E-state index < -0.39 is 6.80 Å². The zero-order valence-corrected chi connectivity index (χ0v) is 15.6. The molecule has 0 spiro atoms. The molecule has 0 aliphatic heterocycles. The first-order chi connectivity index (χ1) is 11.1. The van der Waals surface area contributed by atoms with Crippen LogP contribution in [0.2, 0.25) is 5.02 Å². The minimum absolute atomic E-state index is 0.155. The molecule has 0 saturated carbocycles. The maximum atomic E-state index is 12.9. The summed E-state index contributed by atoms with van der Waals surface area (Å²) in [6, 6.07) is 17.4. The molecule has 2 aromatic carbocycles. The second kappa shape index (κ2) is 8.91. The van der Waals surface area contributed by atoms with Crippen LogP contribution in [0, 0.1) is 0 Å². The Morgan fingerprint density at radius 1 is 0.957 bits per heavy atom. The fraction of sp³-hybridized carbons (Fsp3) is 0.294. The smallest absolute Gasteiger partial charge is 0.301 e. The summed E-state index contributed by atoms with van der Waals surface area (Å²) < 4.78 is 23.8. The van der Waals surface area contributed by atoms with Crippen molar-refractivity contribution in [2.24, 2.45) is 0 Å². The number of benzene rings is 2. The van der Waals surface area contributed by atoms with Crippen LogP contribution in [0.15, 0.2) is 54.6 Å². The van der Waals surface area contributed by atoms with Gasteiger partial charge in [-0.2, -0.15) is 0 Å². The van der Waals surface area contributed by atoms with E-state index in [-0.39, 0.29) is 5.25 Å². The lowest BCUT2D eigenvalue weighted by Gasteiger charge is -2.23. The van der Waals surface area contributed by atoms with Crippen LogP contribution in [0.3, 0.4) is 0 Å². The largest absolute Gasteiger partial charge is 0.390 e. The van der Waals surface area contributed by atoms with E-state index >= 15 is 0 Å². The molecule has 0 saturated heterocycles. The Morgan fingerprint density at radius 3 is 2.00 bits per heavy atom. The molecular weight excluding hydrogens is 351 g/mol. The van der Waals surface area contributed by atoms with E-state index in [1.54, 1.807) is 0 Å². The molecule has 0 bridgehead atoms. The lowest BCUT2D eigenvalue weighted by Crippen LogP contribution is -2.00. The van der Waals surface area contributed by atoms with Crippen molar-refractivity contribution in [3.63, 3.8) is 0 Å². The molecule has 0 aromatic heterocycles. The Kier molecular flexibility index (Phi) is 7.19. The summed E-state index contributed by atoms with van der Waals surface area (Å²) in [7, 11) is 0. The quantitative estimate of drug-likeness (QED) is 0.507. The molecule has 2 aromatic rings. The third-order valence-electron chi connectivity index (χ3n) is 3.08. The highest BCUT2D eigenvalue weighted by atomic mass is 35.5. The molecular formula is C17H20ClO3PS. The Morgan fingerprint density at radius 2 is 1.48 bits per heavy atom. The summed E-state index contributed by atoms with van der Waals surface area (Å²) in [4.78, 5) is 0. The molecule has 23 heavy (non-hydrogen) atoms. The van der Waals surface area contributed by atoms with Crippen LogP contribution in [0.25, 0.3) is 0 Å². The summed E-state index contributed by atoms with van der Waals surface area (Å²) in [5, 5.41) is 0.515. The van der Waals surface area contributed by atoms with E-state index in [4.69, 9.17) is 20.6 Å². The summed E-state index contributed by atoms with van der Waals surface area (Å²) in [5.41, 5.74) is 2.05. The fourth-order valence-electron chi connectivity index (χ4n) is 2.12. The van der Waals surface area contributed by atoms with Crippen LogP contribution in [-0.2, 0) is 13.6 Å². The first kappa shape index (κ1) is 18.6. The maximum Gasteiger partial charge on any atom is 0.390 e. The Bertz CT molecular complexity index is 639. The van der Waals surface area contributed by atoms with Gasteiger partial charge in [0, 0.05) is 5.02 Å². The van der Waals surface area contributed by atoms with Crippen molar-refractivity contribution in [1.29, 1.82) is 0 Å². The summed E-state index contributed by atoms with van der Waals surface area (Å²) in [6.45, 7) is 1.07. The molecule has 0 radical (unpaired) electrons. The molecule has 3 nitrogen and oxygen atoms in total. The number of rotatable bonds is 8. The van der Waals surface area contributed by atoms with Gasteiger partial charge in [-0.25, -0.2) is 4.57 Å². The van der Waals surface area contributed by atoms with E-state index in [1.807, 2.05) is 68.4 Å². The Hall–Kier alpha value is -0.770. The van der Waals surface area contributed by atoms with Crippen molar-refractivity contribution >= 4 is 29.8 Å². The van der Waals surface area contributed by atoms with E-state index in [0.29, 0.717) is 18.2 Å². The third-order valence-corrected chi connectivity index (χ3v) is 7.54. The average Bonchev–Trinajstić information content (AvgIpc) is 2.55. The zero-order valence-electron chi connectivity index (χ0n) is 13.1. The Balaban J connectivity index is 2.37. The van der Waals surface area contributed by atoms with Crippen molar-refractivity contribution in [1.82, 2.24) is 0 Å². The van der Waals surface area contributed by atoms with Crippen LogP contribution in [0.5, 0.6) is 0 Å². The topological polar surface area (TPSA) is 35.5 Å². The van der Waals surface area contributed by atoms with Crippen LogP contribution in [-0.4, -0.2) is 13.2 Å². The van der Waals surface area contributed by atoms with Gasteiger partial charge in [-0.05, 0) is 48.5 Å². The van der Waals surface area contributed by atoms with Gasteiger partial charge in [-0.3, -0.25) is 0 Å². The van der Waals surface area contributed by atoms with Crippen molar-refractivity contribution in [2.75, 3.05) is 13.2 Å². The highest BCUT2D eigenvalue weighted by molar-refractivity contribution is 8.55. The predicted molar refractivity (Wildman–Crippen MR) is 98.2 cm³/mol. The summed E-state index contributed by atoms with van der Waals surface area (Å²) >= 11 is 7.21. The second-order valence-corrected chi connectivity index (χ2v) is 9.23. The molecule has 0 N–H and O–H groups in total. The summed E-state index contributed by atoms with van der Waals surface area (Å²) in [5.74, 6) is 0. The van der Waals surface area contributed by atoms with Crippen molar-refractivity contribution in [3.8, 4) is 0 Å². The molecule has 124 valence electrons. The highest BCUT2D eigenvalue weighted by Crippen LogP contribution is 2.66. The van der Waals surface area contributed by atoms with Crippen molar-refractivity contribution in [2.45, 2.75) is 19.1 Å². The van der Waals surface area contributed by atoms with Crippen LogP contribution < -0.4 is 0 Å². The monoisotopic (exact) mass is 370 g/mol. The maximum absolute atomic E-state index is 12.9. The van der Waals surface area contributed by atoms with Gasteiger partial charge in [0.25, 0.3) is 0 Å². The molecule has 0 fully saturated rings. The van der Waals surface area contributed by atoms with Crippen LogP contribution in [0.1, 0.15) is 30.2 Å². The van der Waals surface area contributed by atoms with E-state index in [1.165, 1.54) is 11.4 Å². The molecule has 1 atom stereocenters. The molecule has 0 heterocycles. The number of halogens is 1. The molecule has 6 heteroatoms. The second-order valence-electron chi connectivity index (χ2n) is 4.73. The van der Waals surface area contributed by atoms with Gasteiger partial charge in [0.15, 0.2) is 0 Å². The number of hydrogen-bond acceptors (Lipinski definition) is 4. The highest BCUT2D eigenvalue weighted by Gasteiger charge is 2.31. The van der Waals surface area contributed by atoms with E-state index in [9.17, 15) is 4.57 Å². The van der Waals surface area contributed by atoms with Gasteiger partial charge in [-0.15, -0.1) is 0 Å². The SMILES string of the molecule is CCOP(=O)(OCC)SC(c1ccccc1)c1ccc(Cl)cc1. The lowest BCUT2D eigenvalue weighted by atomic mass is 10.0. The minimum atomic E-state index is -3.23. The van der Waals surface area contributed by atoms with E-state index in [0.717, 1.165) is 11.1 Å². The average molecular weight is 371 g/mol. The van der Waals surface area contributed by atoms with Crippen LogP contribution >= 0.6 is 29.8 Å². The fourth-order valence-corrected chi connectivity index (χ4v) is 6.40. The minimum Gasteiger partial charge on any atom is -0.301 e. The first-order valence-electron chi connectivity index (χ1n) is 7.46. The normalized spacial score (nSPS) is 13.0. The predicted octanol–water partition coefficient (Wildman–Crippen LogP) is 6.34. The van der Waals surface area contributed by atoms with Gasteiger partial charge in [0.2, 0.25) is 0 Å². The van der Waals surface area contributed by atoms with Gasteiger partial charge in [-0.1, -0.05) is 54.1 Å². The van der Waals surface area contributed by atoms with Gasteiger partial charge < -0.3 is 9.05 Å².